The minimum Gasteiger partial charge on any atom is -0.354 e. The summed E-state index contributed by atoms with van der Waals surface area (Å²) in [6.45, 7) is 0. The third-order valence-corrected chi connectivity index (χ3v) is 3.87. The Hall–Kier alpha value is -1.71. The molecule has 1 amide bonds. The molecule has 5 heteroatoms. The Morgan fingerprint density at radius 1 is 1.00 bits per heavy atom. The Labute approximate surface area is 133 Å². The van der Waals surface area contributed by atoms with Gasteiger partial charge in [0.05, 0.1) is 10.7 Å². The molecule has 108 valence electrons. The van der Waals surface area contributed by atoms with Gasteiger partial charge in [0.1, 0.15) is 0 Å². The lowest BCUT2D eigenvalue weighted by molar-refractivity contribution is -0.117. The number of carbonyl (C=O) groups excluding carboxylic acids is 1. The van der Waals surface area contributed by atoms with E-state index in [2.05, 4.69) is 10.6 Å². The zero-order valence-corrected chi connectivity index (χ0v) is 12.7. The van der Waals surface area contributed by atoms with Crippen LogP contribution in [0.1, 0.15) is 12.8 Å². The Morgan fingerprint density at radius 2 is 1.67 bits per heavy atom. The van der Waals surface area contributed by atoms with Gasteiger partial charge in [-0.3, -0.25) is 4.79 Å². The third kappa shape index (κ3) is 3.69. The van der Waals surface area contributed by atoms with Crippen molar-refractivity contribution in [2.75, 3.05) is 10.6 Å². The van der Waals surface area contributed by atoms with Crippen molar-refractivity contribution >= 4 is 46.2 Å². The maximum atomic E-state index is 11.7. The average Bonchev–Trinajstić information content (AvgIpc) is 3.29. The van der Waals surface area contributed by atoms with Crippen LogP contribution in [0.3, 0.4) is 0 Å². The summed E-state index contributed by atoms with van der Waals surface area (Å²) in [5.74, 6) is 0.307. The number of benzene rings is 2. The van der Waals surface area contributed by atoms with Gasteiger partial charge >= 0.3 is 0 Å². The molecule has 3 rings (SSSR count). The fraction of sp³-hybridized carbons (Fsp3) is 0.188. The van der Waals surface area contributed by atoms with Gasteiger partial charge in [-0.2, -0.15) is 0 Å². The van der Waals surface area contributed by atoms with E-state index in [1.807, 2.05) is 24.3 Å². The normalized spacial score (nSPS) is 13.8. The van der Waals surface area contributed by atoms with Crippen molar-refractivity contribution in [3.8, 4) is 0 Å². The van der Waals surface area contributed by atoms with Crippen molar-refractivity contribution in [2.45, 2.75) is 12.8 Å². The van der Waals surface area contributed by atoms with E-state index in [0.717, 1.165) is 29.9 Å². The van der Waals surface area contributed by atoms with Gasteiger partial charge in [-0.15, -0.1) is 0 Å². The van der Waals surface area contributed by atoms with Gasteiger partial charge in [0.25, 0.3) is 0 Å². The highest BCUT2D eigenvalue weighted by Crippen LogP contribution is 2.31. The number of nitrogens with one attached hydrogen (secondary N) is 2. The lowest BCUT2D eigenvalue weighted by Gasteiger charge is -2.10. The molecule has 0 aromatic heterocycles. The lowest BCUT2D eigenvalue weighted by atomic mass is 10.2. The van der Waals surface area contributed by atoms with Crippen molar-refractivity contribution in [3.05, 3.63) is 52.5 Å². The highest BCUT2D eigenvalue weighted by molar-refractivity contribution is 6.35. The van der Waals surface area contributed by atoms with Crippen molar-refractivity contribution in [1.29, 1.82) is 0 Å². The molecule has 0 bridgehead atoms. The third-order valence-electron chi connectivity index (χ3n) is 3.31. The van der Waals surface area contributed by atoms with Crippen LogP contribution in [0.5, 0.6) is 0 Å². The minimum absolute atomic E-state index is 0.105. The van der Waals surface area contributed by atoms with E-state index in [1.54, 1.807) is 18.2 Å². The first-order valence-corrected chi connectivity index (χ1v) is 7.50. The van der Waals surface area contributed by atoms with Gasteiger partial charge in [-0.05, 0) is 55.3 Å². The molecule has 2 aromatic carbocycles. The van der Waals surface area contributed by atoms with Crippen molar-refractivity contribution in [2.24, 2.45) is 5.92 Å². The van der Waals surface area contributed by atoms with Gasteiger partial charge < -0.3 is 10.6 Å². The van der Waals surface area contributed by atoms with Crippen LogP contribution in [-0.2, 0) is 4.79 Å². The summed E-state index contributed by atoms with van der Waals surface area (Å²) in [5.41, 5.74) is 2.43. The van der Waals surface area contributed by atoms with E-state index in [-0.39, 0.29) is 11.8 Å². The monoisotopic (exact) mass is 320 g/mol. The molecule has 0 heterocycles. The maximum Gasteiger partial charge on any atom is 0.227 e. The molecule has 0 spiro atoms. The van der Waals surface area contributed by atoms with Crippen molar-refractivity contribution < 1.29 is 4.79 Å². The van der Waals surface area contributed by atoms with E-state index >= 15 is 0 Å². The van der Waals surface area contributed by atoms with Crippen LogP contribution in [0.4, 0.5) is 17.1 Å². The smallest absolute Gasteiger partial charge is 0.227 e. The number of hydrogen-bond donors (Lipinski definition) is 2. The lowest BCUT2D eigenvalue weighted by Crippen LogP contribution is -2.13. The van der Waals surface area contributed by atoms with Crippen molar-refractivity contribution in [3.63, 3.8) is 0 Å². The SMILES string of the molecule is O=C(Nc1ccc(Nc2cc(Cl)ccc2Cl)cc1)C1CC1. The highest BCUT2D eigenvalue weighted by atomic mass is 35.5. The van der Waals surface area contributed by atoms with E-state index < -0.39 is 0 Å². The summed E-state index contributed by atoms with van der Waals surface area (Å²) in [7, 11) is 0. The molecule has 1 aliphatic rings. The topological polar surface area (TPSA) is 41.1 Å². The van der Waals surface area contributed by atoms with Gasteiger partial charge in [0, 0.05) is 22.3 Å². The minimum atomic E-state index is 0.105. The molecule has 1 aliphatic carbocycles. The number of halogens is 2. The summed E-state index contributed by atoms with van der Waals surface area (Å²) in [5, 5.41) is 7.32. The van der Waals surface area contributed by atoms with Crippen molar-refractivity contribution in [1.82, 2.24) is 0 Å². The molecule has 0 atom stereocenters. The Balaban J connectivity index is 1.68. The Morgan fingerprint density at radius 3 is 2.33 bits per heavy atom. The molecular weight excluding hydrogens is 307 g/mol. The standard InChI is InChI=1S/C16H14Cl2N2O/c17-11-3-8-14(18)15(9-11)19-12-4-6-13(7-5-12)20-16(21)10-1-2-10/h3-10,19H,1-2H2,(H,20,21). The summed E-state index contributed by atoms with van der Waals surface area (Å²) >= 11 is 12.1. The molecule has 0 radical (unpaired) electrons. The number of amides is 1. The van der Waals surface area contributed by atoms with Crippen LogP contribution in [-0.4, -0.2) is 5.91 Å². The maximum absolute atomic E-state index is 11.7. The predicted octanol–water partition coefficient (Wildman–Crippen LogP) is 5.09. The summed E-state index contributed by atoms with van der Waals surface area (Å²) in [6, 6.07) is 12.8. The van der Waals surface area contributed by atoms with E-state index in [4.69, 9.17) is 23.2 Å². The van der Waals surface area contributed by atoms with Crippen LogP contribution >= 0.6 is 23.2 Å². The first-order chi connectivity index (χ1) is 10.1. The molecule has 3 nitrogen and oxygen atoms in total. The molecule has 1 fully saturated rings. The van der Waals surface area contributed by atoms with Crippen LogP contribution in [0.15, 0.2) is 42.5 Å². The van der Waals surface area contributed by atoms with Crippen LogP contribution < -0.4 is 10.6 Å². The summed E-state index contributed by atoms with van der Waals surface area (Å²) in [6.07, 6.45) is 2.00. The second-order valence-electron chi connectivity index (χ2n) is 5.09. The van der Waals surface area contributed by atoms with Gasteiger partial charge in [0.15, 0.2) is 0 Å². The van der Waals surface area contributed by atoms with E-state index in [1.165, 1.54) is 0 Å². The van der Waals surface area contributed by atoms with Crippen LogP contribution in [0, 0.1) is 5.92 Å². The van der Waals surface area contributed by atoms with E-state index in [9.17, 15) is 4.79 Å². The molecular formula is C16H14Cl2N2O. The summed E-state index contributed by atoms with van der Waals surface area (Å²) < 4.78 is 0. The van der Waals surface area contributed by atoms with Gasteiger partial charge in [0.2, 0.25) is 5.91 Å². The first-order valence-electron chi connectivity index (χ1n) is 6.75. The number of hydrogen-bond acceptors (Lipinski definition) is 2. The fourth-order valence-corrected chi connectivity index (χ4v) is 2.31. The van der Waals surface area contributed by atoms with Gasteiger partial charge in [-0.25, -0.2) is 0 Å². The number of rotatable bonds is 4. The zero-order valence-electron chi connectivity index (χ0n) is 11.2. The van der Waals surface area contributed by atoms with Crippen LogP contribution in [0.2, 0.25) is 10.0 Å². The molecule has 2 aromatic rings. The summed E-state index contributed by atoms with van der Waals surface area (Å²) in [4.78, 5) is 11.7. The fourth-order valence-electron chi connectivity index (χ4n) is 1.98. The second kappa shape index (κ2) is 5.96. The highest BCUT2D eigenvalue weighted by Gasteiger charge is 2.29. The predicted molar refractivity (Wildman–Crippen MR) is 87.5 cm³/mol. The number of anilines is 3. The van der Waals surface area contributed by atoms with Crippen LogP contribution in [0.25, 0.3) is 0 Å². The molecule has 0 unspecified atom stereocenters. The molecule has 1 saturated carbocycles. The number of carbonyl (C=O) groups is 1. The quantitative estimate of drug-likeness (QED) is 0.824. The largest absolute Gasteiger partial charge is 0.354 e. The molecule has 0 saturated heterocycles. The molecule has 21 heavy (non-hydrogen) atoms. The Bertz CT molecular complexity index is 666. The first kappa shape index (κ1) is 14.2. The zero-order chi connectivity index (χ0) is 14.8. The van der Waals surface area contributed by atoms with E-state index in [0.29, 0.717) is 10.0 Å². The molecule has 0 aliphatic heterocycles. The second-order valence-corrected chi connectivity index (χ2v) is 5.93. The average molecular weight is 321 g/mol. The van der Waals surface area contributed by atoms with Gasteiger partial charge in [-0.1, -0.05) is 23.2 Å². The Kier molecular flexibility index (Phi) is 4.04. The molecule has 2 N–H and O–H groups in total.